The number of methoxy groups -OCH3 is 2. The van der Waals surface area contributed by atoms with Crippen molar-refractivity contribution in [3.05, 3.63) is 52.5 Å². The zero-order valence-corrected chi connectivity index (χ0v) is 14.6. The van der Waals surface area contributed by atoms with Crippen LogP contribution in [0.5, 0.6) is 11.5 Å². The highest BCUT2D eigenvalue weighted by atomic mass is 35.5. The van der Waals surface area contributed by atoms with Gasteiger partial charge in [-0.25, -0.2) is 0 Å². The van der Waals surface area contributed by atoms with Crippen LogP contribution in [-0.2, 0) is 17.6 Å². The van der Waals surface area contributed by atoms with E-state index in [2.05, 4.69) is 0 Å². The molecule has 0 saturated heterocycles. The van der Waals surface area contributed by atoms with E-state index in [1.54, 1.807) is 14.2 Å². The van der Waals surface area contributed by atoms with Crippen LogP contribution >= 0.6 is 11.6 Å². The number of hydrogen-bond acceptors (Lipinski definition) is 3. The molecule has 0 atom stereocenters. The summed E-state index contributed by atoms with van der Waals surface area (Å²) in [5.41, 5.74) is 2.90. The van der Waals surface area contributed by atoms with Gasteiger partial charge in [0.25, 0.3) is 0 Å². The number of halogens is 1. The van der Waals surface area contributed by atoms with Crippen LogP contribution in [0.3, 0.4) is 0 Å². The van der Waals surface area contributed by atoms with Crippen molar-refractivity contribution < 1.29 is 14.3 Å². The zero-order chi connectivity index (χ0) is 17.1. The fourth-order valence-corrected chi connectivity index (χ4v) is 3.30. The van der Waals surface area contributed by atoms with E-state index in [0.29, 0.717) is 16.5 Å². The lowest BCUT2D eigenvalue weighted by atomic mass is 10.0. The standard InChI is InChI=1S/C19H20ClNO3/c1-23-16-6-8-18(24-2)14(11-16)12-19(22)21-9-3-4-13-10-15(20)5-7-17(13)21/h5-8,10-11H,3-4,9,12H2,1-2H3. The highest BCUT2D eigenvalue weighted by Gasteiger charge is 2.23. The Morgan fingerprint density at radius 1 is 1.17 bits per heavy atom. The molecule has 0 fully saturated rings. The number of amides is 1. The predicted molar refractivity (Wildman–Crippen MR) is 95.4 cm³/mol. The molecule has 5 heteroatoms. The minimum Gasteiger partial charge on any atom is -0.497 e. The number of fused-ring (bicyclic) bond motifs is 1. The van der Waals surface area contributed by atoms with Crippen molar-refractivity contribution in [1.82, 2.24) is 0 Å². The molecule has 126 valence electrons. The van der Waals surface area contributed by atoms with Gasteiger partial charge < -0.3 is 14.4 Å². The molecule has 0 N–H and O–H groups in total. The summed E-state index contributed by atoms with van der Waals surface area (Å²) in [6.45, 7) is 0.722. The molecule has 0 saturated carbocycles. The lowest BCUT2D eigenvalue weighted by Gasteiger charge is -2.30. The molecular formula is C19H20ClNO3. The van der Waals surface area contributed by atoms with Gasteiger partial charge in [-0.05, 0) is 54.8 Å². The maximum Gasteiger partial charge on any atom is 0.231 e. The Morgan fingerprint density at radius 3 is 2.75 bits per heavy atom. The molecule has 0 aliphatic carbocycles. The van der Waals surface area contributed by atoms with Gasteiger partial charge in [0.2, 0.25) is 5.91 Å². The number of anilines is 1. The van der Waals surface area contributed by atoms with Crippen molar-refractivity contribution in [2.75, 3.05) is 25.7 Å². The highest BCUT2D eigenvalue weighted by Crippen LogP contribution is 2.31. The fraction of sp³-hybridized carbons (Fsp3) is 0.316. The maximum atomic E-state index is 12.9. The molecule has 24 heavy (non-hydrogen) atoms. The van der Waals surface area contributed by atoms with E-state index < -0.39 is 0 Å². The third-order valence-electron chi connectivity index (χ3n) is 4.29. The van der Waals surface area contributed by atoms with Crippen LogP contribution < -0.4 is 14.4 Å². The first-order valence-corrected chi connectivity index (χ1v) is 8.30. The fourth-order valence-electron chi connectivity index (χ4n) is 3.10. The molecule has 1 aliphatic rings. The number of hydrogen-bond donors (Lipinski definition) is 0. The monoisotopic (exact) mass is 345 g/mol. The second-order valence-electron chi connectivity index (χ2n) is 5.78. The zero-order valence-electron chi connectivity index (χ0n) is 13.8. The number of carbonyl (C=O) groups is 1. The minimum absolute atomic E-state index is 0.0461. The smallest absolute Gasteiger partial charge is 0.231 e. The topological polar surface area (TPSA) is 38.8 Å². The molecule has 2 aromatic carbocycles. The van der Waals surface area contributed by atoms with Crippen LogP contribution in [0, 0.1) is 0 Å². The quantitative estimate of drug-likeness (QED) is 0.844. The number of nitrogens with zero attached hydrogens (tertiary/aromatic N) is 1. The largest absolute Gasteiger partial charge is 0.497 e. The summed E-state index contributed by atoms with van der Waals surface area (Å²) in [6, 6.07) is 11.2. The molecule has 1 heterocycles. The van der Waals surface area contributed by atoms with Crippen molar-refractivity contribution in [2.24, 2.45) is 0 Å². The van der Waals surface area contributed by atoms with Crippen molar-refractivity contribution in [3.63, 3.8) is 0 Å². The molecule has 0 bridgehead atoms. The average molecular weight is 346 g/mol. The minimum atomic E-state index is 0.0461. The van der Waals surface area contributed by atoms with E-state index in [-0.39, 0.29) is 12.3 Å². The average Bonchev–Trinajstić information content (AvgIpc) is 2.60. The first-order chi connectivity index (χ1) is 11.6. The lowest BCUT2D eigenvalue weighted by molar-refractivity contribution is -0.118. The summed E-state index contributed by atoms with van der Waals surface area (Å²) >= 11 is 6.07. The van der Waals surface area contributed by atoms with E-state index in [9.17, 15) is 4.79 Å². The Morgan fingerprint density at radius 2 is 2.00 bits per heavy atom. The number of aryl methyl sites for hydroxylation is 1. The molecule has 1 amide bonds. The van der Waals surface area contributed by atoms with Gasteiger partial charge in [-0.1, -0.05) is 11.6 Å². The van der Waals surface area contributed by atoms with Gasteiger partial charge in [0.15, 0.2) is 0 Å². The van der Waals surface area contributed by atoms with Gasteiger partial charge in [-0.3, -0.25) is 4.79 Å². The third kappa shape index (κ3) is 3.34. The van der Waals surface area contributed by atoms with Crippen LogP contribution in [0.15, 0.2) is 36.4 Å². The molecule has 1 aliphatic heterocycles. The van der Waals surface area contributed by atoms with Crippen LogP contribution in [0.2, 0.25) is 5.02 Å². The number of carbonyl (C=O) groups excluding carboxylic acids is 1. The Bertz CT molecular complexity index is 760. The van der Waals surface area contributed by atoms with Gasteiger partial charge >= 0.3 is 0 Å². The van der Waals surface area contributed by atoms with E-state index in [1.807, 2.05) is 41.3 Å². The van der Waals surface area contributed by atoms with Gasteiger partial charge in [-0.15, -0.1) is 0 Å². The van der Waals surface area contributed by atoms with Crippen molar-refractivity contribution in [1.29, 1.82) is 0 Å². The van der Waals surface area contributed by atoms with Crippen LogP contribution in [0.4, 0.5) is 5.69 Å². The Hall–Kier alpha value is -2.20. The van der Waals surface area contributed by atoms with Gasteiger partial charge in [0, 0.05) is 22.8 Å². The highest BCUT2D eigenvalue weighted by molar-refractivity contribution is 6.30. The Labute approximate surface area is 146 Å². The lowest BCUT2D eigenvalue weighted by Crippen LogP contribution is -2.36. The second-order valence-corrected chi connectivity index (χ2v) is 6.21. The van der Waals surface area contributed by atoms with Crippen molar-refractivity contribution >= 4 is 23.2 Å². The number of benzene rings is 2. The summed E-state index contributed by atoms with van der Waals surface area (Å²) < 4.78 is 10.6. The summed E-state index contributed by atoms with van der Waals surface area (Å²) in [6.07, 6.45) is 2.15. The molecule has 0 aromatic heterocycles. The Kier molecular flexibility index (Phi) is 4.95. The molecular weight excluding hydrogens is 326 g/mol. The SMILES string of the molecule is COc1ccc(OC)c(CC(=O)N2CCCc3cc(Cl)ccc32)c1. The summed E-state index contributed by atoms with van der Waals surface area (Å²) in [5.74, 6) is 1.45. The van der Waals surface area contributed by atoms with E-state index in [4.69, 9.17) is 21.1 Å². The second kappa shape index (κ2) is 7.14. The van der Waals surface area contributed by atoms with Crippen LogP contribution in [0.1, 0.15) is 17.5 Å². The Balaban J connectivity index is 1.87. The van der Waals surface area contributed by atoms with Crippen molar-refractivity contribution in [3.8, 4) is 11.5 Å². The maximum absolute atomic E-state index is 12.9. The summed E-state index contributed by atoms with van der Waals surface area (Å²) in [5, 5.41) is 0.706. The molecule has 0 radical (unpaired) electrons. The van der Waals surface area contributed by atoms with E-state index in [0.717, 1.165) is 36.2 Å². The van der Waals surface area contributed by atoms with Crippen molar-refractivity contribution in [2.45, 2.75) is 19.3 Å². The van der Waals surface area contributed by atoms with Gasteiger partial charge in [0.1, 0.15) is 11.5 Å². The number of rotatable bonds is 4. The van der Waals surface area contributed by atoms with Crippen LogP contribution in [0.25, 0.3) is 0 Å². The van der Waals surface area contributed by atoms with E-state index in [1.165, 1.54) is 0 Å². The molecule has 2 aromatic rings. The van der Waals surface area contributed by atoms with Gasteiger partial charge in [-0.2, -0.15) is 0 Å². The normalized spacial score (nSPS) is 13.4. The molecule has 4 nitrogen and oxygen atoms in total. The molecule has 3 rings (SSSR count). The van der Waals surface area contributed by atoms with Crippen LogP contribution in [-0.4, -0.2) is 26.7 Å². The summed E-state index contributed by atoms with van der Waals surface area (Å²) in [4.78, 5) is 14.7. The molecule has 0 unspecified atom stereocenters. The summed E-state index contributed by atoms with van der Waals surface area (Å²) in [7, 11) is 3.21. The predicted octanol–water partition coefficient (Wildman–Crippen LogP) is 3.88. The van der Waals surface area contributed by atoms with Gasteiger partial charge in [0.05, 0.1) is 20.6 Å². The first-order valence-electron chi connectivity index (χ1n) is 7.92. The van der Waals surface area contributed by atoms with E-state index >= 15 is 0 Å². The first kappa shape index (κ1) is 16.7. The molecule has 0 spiro atoms. The number of ether oxygens (including phenoxy) is 2. The third-order valence-corrected chi connectivity index (χ3v) is 4.53.